The van der Waals surface area contributed by atoms with E-state index in [4.69, 9.17) is 0 Å². The lowest BCUT2D eigenvalue weighted by atomic mass is 10.0. The standard InChI is InChI=1S/C13H15N3O3S/c1-15-9-10(8-14-15)20(18,19)16-7-6-13(17)11-4-2-3-5-12(11)16/h2-5,8-9,13,17H,6-7H2,1H3. The molecule has 1 aromatic carbocycles. The molecule has 1 atom stereocenters. The third-order valence-electron chi connectivity index (χ3n) is 3.44. The van der Waals surface area contributed by atoms with Crippen LogP contribution >= 0.6 is 0 Å². The van der Waals surface area contributed by atoms with Crippen molar-refractivity contribution in [3.05, 3.63) is 42.2 Å². The van der Waals surface area contributed by atoms with Crippen molar-refractivity contribution >= 4 is 15.7 Å². The maximum absolute atomic E-state index is 12.7. The summed E-state index contributed by atoms with van der Waals surface area (Å²) in [6.07, 6.45) is 2.58. The summed E-state index contributed by atoms with van der Waals surface area (Å²) in [4.78, 5) is 0.159. The van der Waals surface area contributed by atoms with Crippen LogP contribution in [0.5, 0.6) is 0 Å². The maximum Gasteiger partial charge on any atom is 0.267 e. The van der Waals surface area contributed by atoms with E-state index in [1.54, 1.807) is 31.3 Å². The number of aliphatic hydroxyl groups excluding tert-OH is 1. The highest BCUT2D eigenvalue weighted by molar-refractivity contribution is 7.92. The van der Waals surface area contributed by atoms with Gasteiger partial charge in [0.15, 0.2) is 0 Å². The van der Waals surface area contributed by atoms with Crippen LogP contribution in [-0.2, 0) is 17.1 Å². The van der Waals surface area contributed by atoms with Crippen molar-refractivity contribution in [1.82, 2.24) is 9.78 Å². The molecule has 0 amide bonds. The Bertz CT molecular complexity index is 739. The Hall–Kier alpha value is -1.86. The molecular weight excluding hydrogens is 278 g/mol. The second kappa shape index (κ2) is 4.60. The third kappa shape index (κ3) is 1.99. The molecule has 0 aliphatic carbocycles. The number of fused-ring (bicyclic) bond motifs is 1. The molecule has 0 radical (unpaired) electrons. The normalized spacial score (nSPS) is 18.9. The van der Waals surface area contributed by atoms with E-state index in [0.29, 0.717) is 17.7 Å². The van der Waals surface area contributed by atoms with Crippen molar-refractivity contribution in [3.63, 3.8) is 0 Å². The van der Waals surface area contributed by atoms with Crippen LogP contribution in [0.4, 0.5) is 5.69 Å². The van der Waals surface area contributed by atoms with Crippen molar-refractivity contribution in [3.8, 4) is 0 Å². The van der Waals surface area contributed by atoms with Crippen molar-refractivity contribution in [2.75, 3.05) is 10.8 Å². The van der Waals surface area contributed by atoms with Gasteiger partial charge in [0.25, 0.3) is 10.0 Å². The van der Waals surface area contributed by atoms with Crippen LogP contribution in [0.25, 0.3) is 0 Å². The van der Waals surface area contributed by atoms with E-state index in [9.17, 15) is 13.5 Å². The zero-order valence-corrected chi connectivity index (χ0v) is 11.8. The van der Waals surface area contributed by atoms with Gasteiger partial charge >= 0.3 is 0 Å². The number of hydrogen-bond donors (Lipinski definition) is 1. The number of hydrogen-bond acceptors (Lipinski definition) is 4. The van der Waals surface area contributed by atoms with E-state index >= 15 is 0 Å². The van der Waals surface area contributed by atoms with Crippen molar-refractivity contribution in [2.45, 2.75) is 17.4 Å². The quantitative estimate of drug-likeness (QED) is 0.898. The smallest absolute Gasteiger partial charge is 0.267 e. The largest absolute Gasteiger partial charge is 0.388 e. The first-order valence-electron chi connectivity index (χ1n) is 6.28. The summed E-state index contributed by atoms with van der Waals surface area (Å²) < 4.78 is 28.1. The molecule has 20 heavy (non-hydrogen) atoms. The molecule has 0 bridgehead atoms. The highest BCUT2D eigenvalue weighted by Crippen LogP contribution is 2.36. The second-order valence-electron chi connectivity index (χ2n) is 4.79. The average molecular weight is 293 g/mol. The van der Waals surface area contributed by atoms with Crippen molar-refractivity contribution < 1.29 is 13.5 Å². The molecule has 1 aliphatic heterocycles. The molecule has 1 aliphatic rings. The van der Waals surface area contributed by atoms with Crippen LogP contribution in [0.15, 0.2) is 41.6 Å². The first kappa shape index (κ1) is 13.1. The summed E-state index contributed by atoms with van der Waals surface area (Å²) in [5, 5.41) is 13.9. The monoisotopic (exact) mass is 293 g/mol. The number of nitrogens with zero attached hydrogens (tertiary/aromatic N) is 3. The number of para-hydroxylation sites is 1. The molecule has 7 heteroatoms. The second-order valence-corrected chi connectivity index (χ2v) is 6.65. The lowest BCUT2D eigenvalue weighted by Crippen LogP contribution is -2.36. The summed E-state index contributed by atoms with van der Waals surface area (Å²) in [5.74, 6) is 0. The third-order valence-corrected chi connectivity index (χ3v) is 5.21. The lowest BCUT2D eigenvalue weighted by Gasteiger charge is -2.32. The topological polar surface area (TPSA) is 75.4 Å². The van der Waals surface area contributed by atoms with E-state index in [0.717, 1.165) is 0 Å². The zero-order chi connectivity index (χ0) is 14.3. The van der Waals surface area contributed by atoms with Crippen LogP contribution < -0.4 is 4.31 Å². The molecule has 3 rings (SSSR count). The van der Waals surface area contributed by atoms with Gasteiger partial charge in [-0.2, -0.15) is 5.10 Å². The van der Waals surface area contributed by atoms with Gasteiger partial charge in [0, 0.05) is 25.4 Å². The average Bonchev–Trinajstić information content (AvgIpc) is 2.87. The number of rotatable bonds is 2. The Labute approximate surface area is 117 Å². The molecule has 0 spiro atoms. The molecule has 106 valence electrons. The molecular formula is C13H15N3O3S. The van der Waals surface area contributed by atoms with Crippen molar-refractivity contribution in [2.24, 2.45) is 7.05 Å². The number of sulfonamides is 1. The first-order valence-corrected chi connectivity index (χ1v) is 7.72. The minimum absolute atomic E-state index is 0.159. The van der Waals surface area contributed by atoms with Crippen LogP contribution in [0.1, 0.15) is 18.1 Å². The molecule has 0 fully saturated rings. The van der Waals surface area contributed by atoms with Gasteiger partial charge in [0.2, 0.25) is 0 Å². The number of aryl methyl sites for hydroxylation is 1. The van der Waals surface area contributed by atoms with E-state index in [-0.39, 0.29) is 11.4 Å². The molecule has 6 nitrogen and oxygen atoms in total. The number of anilines is 1. The van der Waals surface area contributed by atoms with Crippen molar-refractivity contribution in [1.29, 1.82) is 0 Å². The van der Waals surface area contributed by atoms with Gasteiger partial charge in [-0.25, -0.2) is 8.42 Å². The fourth-order valence-electron chi connectivity index (χ4n) is 2.42. The van der Waals surface area contributed by atoms with Crippen LogP contribution in [-0.4, -0.2) is 29.8 Å². The Balaban J connectivity index is 2.10. The highest BCUT2D eigenvalue weighted by atomic mass is 32.2. The lowest BCUT2D eigenvalue weighted by molar-refractivity contribution is 0.166. The van der Waals surface area contributed by atoms with Gasteiger partial charge in [0.05, 0.1) is 18.0 Å². The van der Waals surface area contributed by atoms with Gasteiger partial charge in [-0.3, -0.25) is 8.99 Å². The predicted molar refractivity (Wildman–Crippen MR) is 73.8 cm³/mol. The number of aliphatic hydroxyl groups is 1. The highest BCUT2D eigenvalue weighted by Gasteiger charge is 2.32. The summed E-state index contributed by atoms with van der Waals surface area (Å²) in [5.41, 5.74) is 1.18. The molecule has 2 aromatic rings. The SMILES string of the molecule is Cn1cc(S(=O)(=O)N2CCC(O)c3ccccc32)cn1. The van der Waals surface area contributed by atoms with E-state index in [2.05, 4.69) is 5.10 Å². The van der Waals surface area contributed by atoms with Gasteiger partial charge in [0.1, 0.15) is 4.90 Å². The van der Waals surface area contributed by atoms with E-state index < -0.39 is 16.1 Å². The fourth-order valence-corrected chi connectivity index (χ4v) is 3.91. The summed E-state index contributed by atoms with van der Waals surface area (Å²) in [7, 11) is -1.97. The Morgan fingerprint density at radius 2 is 2.10 bits per heavy atom. The molecule has 1 N–H and O–H groups in total. The minimum Gasteiger partial charge on any atom is -0.388 e. The van der Waals surface area contributed by atoms with Crippen LogP contribution in [0.3, 0.4) is 0 Å². The van der Waals surface area contributed by atoms with Gasteiger partial charge in [-0.05, 0) is 12.5 Å². The van der Waals surface area contributed by atoms with Gasteiger partial charge in [-0.15, -0.1) is 0 Å². The van der Waals surface area contributed by atoms with Crippen LogP contribution in [0, 0.1) is 0 Å². The molecule has 2 heterocycles. The number of benzene rings is 1. The van der Waals surface area contributed by atoms with Crippen LogP contribution in [0.2, 0.25) is 0 Å². The Morgan fingerprint density at radius 1 is 1.35 bits per heavy atom. The van der Waals surface area contributed by atoms with E-state index in [1.807, 2.05) is 0 Å². The summed E-state index contributed by atoms with van der Waals surface area (Å²) in [6.45, 7) is 0.259. The molecule has 0 saturated carbocycles. The number of aromatic nitrogens is 2. The summed E-state index contributed by atoms with van der Waals surface area (Å²) in [6, 6.07) is 7.03. The molecule has 0 saturated heterocycles. The Morgan fingerprint density at radius 3 is 2.80 bits per heavy atom. The predicted octanol–water partition coefficient (Wildman–Crippen LogP) is 1.05. The molecule has 1 aromatic heterocycles. The van der Waals surface area contributed by atoms with E-state index in [1.165, 1.54) is 21.4 Å². The molecule has 1 unspecified atom stereocenters. The van der Waals surface area contributed by atoms with Gasteiger partial charge in [-0.1, -0.05) is 18.2 Å². The first-order chi connectivity index (χ1) is 9.50. The Kier molecular flexibility index (Phi) is 3.02. The fraction of sp³-hybridized carbons (Fsp3) is 0.308. The van der Waals surface area contributed by atoms with Gasteiger partial charge < -0.3 is 5.11 Å². The zero-order valence-electron chi connectivity index (χ0n) is 11.0. The summed E-state index contributed by atoms with van der Waals surface area (Å²) >= 11 is 0. The minimum atomic E-state index is -3.64. The maximum atomic E-state index is 12.7.